The van der Waals surface area contributed by atoms with E-state index < -0.39 is 0 Å². The van der Waals surface area contributed by atoms with Crippen molar-refractivity contribution in [1.29, 1.82) is 0 Å². The minimum Gasteiger partial charge on any atom is -0.328 e. The summed E-state index contributed by atoms with van der Waals surface area (Å²) in [5.41, 5.74) is 1.77. The fourth-order valence-corrected chi connectivity index (χ4v) is 3.42. The van der Waals surface area contributed by atoms with Gasteiger partial charge in [0.1, 0.15) is 0 Å². The van der Waals surface area contributed by atoms with Crippen LogP contribution in [0.4, 0.5) is 4.79 Å². The van der Waals surface area contributed by atoms with Crippen molar-refractivity contribution in [3.63, 3.8) is 0 Å². The number of amides is 2. The Bertz CT molecular complexity index is 740. The zero-order valence-electron chi connectivity index (χ0n) is 13.8. The number of aromatic nitrogens is 2. The number of H-pyrrole nitrogens is 1. The highest BCUT2D eigenvalue weighted by Gasteiger charge is 2.27. The van der Waals surface area contributed by atoms with Gasteiger partial charge in [0, 0.05) is 32.7 Å². The van der Waals surface area contributed by atoms with Crippen molar-refractivity contribution in [2.24, 2.45) is 0 Å². The van der Waals surface area contributed by atoms with E-state index in [1.54, 1.807) is 4.90 Å². The lowest BCUT2D eigenvalue weighted by Gasteiger charge is -2.35. The van der Waals surface area contributed by atoms with Crippen LogP contribution in [0.15, 0.2) is 29.1 Å². The third-order valence-corrected chi connectivity index (χ3v) is 4.61. The van der Waals surface area contributed by atoms with Crippen molar-refractivity contribution in [1.82, 2.24) is 19.4 Å². The molecule has 0 atom stereocenters. The molecule has 6 nitrogen and oxygen atoms in total. The predicted octanol–water partition coefficient (Wildman–Crippen LogP) is 2.43. The van der Waals surface area contributed by atoms with Gasteiger partial charge in [-0.2, -0.15) is 0 Å². The number of rotatable bonds is 3. The molecular weight excluding hydrogens is 292 g/mol. The molecule has 0 bridgehead atoms. The lowest BCUT2D eigenvalue weighted by molar-refractivity contribution is 0.142. The van der Waals surface area contributed by atoms with Gasteiger partial charge in [0.15, 0.2) is 0 Å². The van der Waals surface area contributed by atoms with Gasteiger partial charge in [-0.25, -0.2) is 9.59 Å². The largest absolute Gasteiger partial charge is 0.328 e. The molecular formula is C17H24N4O2. The van der Waals surface area contributed by atoms with Gasteiger partial charge in [-0.1, -0.05) is 19.1 Å². The number of piperidine rings is 1. The molecule has 1 fully saturated rings. The van der Waals surface area contributed by atoms with Crippen molar-refractivity contribution in [3.8, 4) is 0 Å². The van der Waals surface area contributed by atoms with Crippen molar-refractivity contribution in [2.75, 3.05) is 26.7 Å². The van der Waals surface area contributed by atoms with Crippen LogP contribution in [0.3, 0.4) is 0 Å². The number of carbonyl (C=O) groups is 1. The van der Waals surface area contributed by atoms with Gasteiger partial charge < -0.3 is 14.8 Å². The first-order valence-electron chi connectivity index (χ1n) is 8.31. The number of carbonyl (C=O) groups excluding carboxylic acids is 1. The molecule has 3 rings (SSSR count). The van der Waals surface area contributed by atoms with Crippen LogP contribution >= 0.6 is 0 Å². The maximum absolute atomic E-state index is 12.3. The second-order valence-electron chi connectivity index (χ2n) is 6.24. The Labute approximate surface area is 135 Å². The van der Waals surface area contributed by atoms with Crippen molar-refractivity contribution in [3.05, 3.63) is 34.7 Å². The van der Waals surface area contributed by atoms with Crippen LogP contribution in [-0.4, -0.2) is 52.1 Å². The summed E-state index contributed by atoms with van der Waals surface area (Å²) >= 11 is 0. The molecule has 0 aliphatic carbocycles. The highest BCUT2D eigenvalue weighted by Crippen LogP contribution is 2.25. The van der Waals surface area contributed by atoms with Crippen LogP contribution in [0.1, 0.15) is 32.2 Å². The molecule has 1 aromatic heterocycles. The Hall–Kier alpha value is -2.24. The number of fused-ring (bicyclic) bond motifs is 1. The first-order chi connectivity index (χ1) is 11.1. The van der Waals surface area contributed by atoms with Crippen molar-refractivity contribution >= 4 is 17.1 Å². The van der Waals surface area contributed by atoms with Crippen molar-refractivity contribution in [2.45, 2.75) is 32.2 Å². The average molecular weight is 316 g/mol. The van der Waals surface area contributed by atoms with Gasteiger partial charge in [-0.05, 0) is 31.4 Å². The summed E-state index contributed by atoms with van der Waals surface area (Å²) in [6, 6.07) is 8.01. The Morgan fingerprint density at radius 1 is 1.30 bits per heavy atom. The van der Waals surface area contributed by atoms with Crippen LogP contribution in [0.2, 0.25) is 0 Å². The second-order valence-corrected chi connectivity index (χ2v) is 6.24. The zero-order chi connectivity index (χ0) is 16.4. The molecule has 0 saturated carbocycles. The van der Waals surface area contributed by atoms with E-state index in [1.165, 1.54) is 0 Å². The van der Waals surface area contributed by atoms with Gasteiger partial charge in [0.25, 0.3) is 0 Å². The topological polar surface area (TPSA) is 61.3 Å². The maximum atomic E-state index is 12.3. The number of para-hydroxylation sites is 2. The molecule has 0 unspecified atom stereocenters. The van der Waals surface area contributed by atoms with E-state index in [9.17, 15) is 9.59 Å². The second kappa shape index (κ2) is 6.48. The number of hydrogen-bond donors (Lipinski definition) is 1. The summed E-state index contributed by atoms with van der Waals surface area (Å²) in [6.07, 6.45) is 2.59. The molecule has 2 heterocycles. The van der Waals surface area contributed by atoms with Gasteiger partial charge in [0.05, 0.1) is 11.0 Å². The number of imidazole rings is 1. The van der Waals surface area contributed by atoms with Gasteiger partial charge >= 0.3 is 11.7 Å². The Kier molecular flexibility index (Phi) is 4.41. The summed E-state index contributed by atoms with van der Waals surface area (Å²) in [5.74, 6) is 0. The highest BCUT2D eigenvalue weighted by atomic mass is 16.2. The van der Waals surface area contributed by atoms with Crippen LogP contribution in [0.5, 0.6) is 0 Å². The predicted molar refractivity (Wildman–Crippen MR) is 90.7 cm³/mol. The van der Waals surface area contributed by atoms with Gasteiger partial charge in [-0.3, -0.25) is 4.57 Å². The lowest BCUT2D eigenvalue weighted by atomic mass is 10.0. The number of hydrogen-bond acceptors (Lipinski definition) is 2. The molecule has 1 aliphatic rings. The minimum atomic E-state index is -0.0564. The summed E-state index contributed by atoms with van der Waals surface area (Å²) < 4.78 is 1.85. The third-order valence-electron chi connectivity index (χ3n) is 4.61. The lowest BCUT2D eigenvalue weighted by Crippen LogP contribution is -2.46. The fraction of sp³-hybridized carbons (Fsp3) is 0.529. The van der Waals surface area contributed by atoms with Crippen molar-refractivity contribution < 1.29 is 4.79 Å². The zero-order valence-corrected chi connectivity index (χ0v) is 13.8. The first kappa shape index (κ1) is 15.6. The molecule has 6 heteroatoms. The summed E-state index contributed by atoms with van der Waals surface area (Å²) in [4.78, 5) is 31.2. The molecule has 2 amide bonds. The summed E-state index contributed by atoms with van der Waals surface area (Å²) in [5, 5.41) is 0. The van der Waals surface area contributed by atoms with E-state index in [4.69, 9.17) is 0 Å². The number of nitrogens with one attached hydrogen (secondary N) is 1. The number of urea groups is 1. The molecule has 0 radical (unpaired) electrons. The molecule has 1 aliphatic heterocycles. The Balaban J connectivity index is 1.72. The number of likely N-dealkylation sites (tertiary alicyclic amines) is 1. The van der Waals surface area contributed by atoms with Crippen LogP contribution in [0, 0.1) is 0 Å². The molecule has 2 aromatic rings. The van der Waals surface area contributed by atoms with E-state index in [2.05, 4.69) is 11.9 Å². The monoisotopic (exact) mass is 316 g/mol. The normalized spacial score (nSPS) is 16.0. The van der Waals surface area contributed by atoms with Crippen LogP contribution in [-0.2, 0) is 0 Å². The third kappa shape index (κ3) is 2.98. The molecule has 1 saturated heterocycles. The van der Waals surface area contributed by atoms with E-state index >= 15 is 0 Å². The highest BCUT2D eigenvalue weighted by molar-refractivity contribution is 5.75. The molecule has 0 spiro atoms. The molecule has 124 valence electrons. The van der Waals surface area contributed by atoms with Crippen LogP contribution < -0.4 is 5.69 Å². The molecule has 23 heavy (non-hydrogen) atoms. The first-order valence-corrected chi connectivity index (χ1v) is 8.31. The Morgan fingerprint density at radius 3 is 2.70 bits per heavy atom. The Morgan fingerprint density at radius 2 is 2.00 bits per heavy atom. The molecule has 1 N–H and O–H groups in total. The van der Waals surface area contributed by atoms with Crippen LogP contribution in [0.25, 0.3) is 11.0 Å². The van der Waals surface area contributed by atoms with E-state index in [0.717, 1.165) is 36.8 Å². The SMILES string of the molecule is CCCN(C)C(=O)N1CCC(n2c(=O)[nH]c3ccccc32)CC1. The maximum Gasteiger partial charge on any atom is 0.326 e. The summed E-state index contributed by atoms with van der Waals surface area (Å²) in [6.45, 7) is 4.24. The number of nitrogens with zero attached hydrogens (tertiary/aromatic N) is 3. The standard InChI is InChI=1S/C17H24N4O2/c1-3-10-19(2)17(23)20-11-8-13(9-12-20)21-15-7-5-4-6-14(15)18-16(21)22/h4-7,13H,3,8-12H2,1-2H3,(H,18,22). The molecule has 1 aromatic carbocycles. The van der Waals surface area contributed by atoms with Gasteiger partial charge in [0.2, 0.25) is 0 Å². The fourth-order valence-electron chi connectivity index (χ4n) is 3.42. The summed E-state index contributed by atoms with van der Waals surface area (Å²) in [7, 11) is 1.85. The average Bonchev–Trinajstić information content (AvgIpc) is 2.90. The van der Waals surface area contributed by atoms with E-state index in [0.29, 0.717) is 13.1 Å². The number of aromatic amines is 1. The van der Waals surface area contributed by atoms with E-state index in [-0.39, 0.29) is 17.8 Å². The quantitative estimate of drug-likeness (QED) is 0.945. The number of benzene rings is 1. The minimum absolute atomic E-state index is 0.0564. The van der Waals surface area contributed by atoms with E-state index in [1.807, 2.05) is 40.8 Å². The van der Waals surface area contributed by atoms with Gasteiger partial charge in [-0.15, -0.1) is 0 Å². The smallest absolute Gasteiger partial charge is 0.326 e.